The van der Waals surface area contributed by atoms with Crippen LogP contribution in [0.25, 0.3) is 0 Å². The zero-order valence-electron chi connectivity index (χ0n) is 13.0. The maximum Gasteiger partial charge on any atom is 0.0174 e. The minimum atomic E-state index is 0. The van der Waals surface area contributed by atoms with E-state index in [0.717, 1.165) is 10.7 Å². The maximum atomic E-state index is 3.94. The molecule has 18 heavy (non-hydrogen) atoms. The first-order valence-electron chi connectivity index (χ1n) is 7.90. The Morgan fingerprint density at radius 1 is 0.667 bits per heavy atom. The molecular weight excluding hydrogens is 303 g/mol. The topological polar surface area (TPSA) is 0 Å². The molecule has 0 saturated heterocycles. The van der Waals surface area contributed by atoms with Crippen LogP contribution in [0.1, 0.15) is 91.4 Å². The average molecular weight is 339 g/mol. The van der Waals surface area contributed by atoms with Crippen molar-refractivity contribution in [1.29, 1.82) is 0 Å². The van der Waals surface area contributed by atoms with Crippen LogP contribution in [-0.2, 0) is 0 Å². The number of rotatable bonds is 12. The first-order chi connectivity index (χ1) is 8.26. The zero-order chi connectivity index (χ0) is 12.9. The van der Waals surface area contributed by atoms with Crippen LogP contribution in [0.4, 0.5) is 0 Å². The van der Waals surface area contributed by atoms with Gasteiger partial charge in [-0.05, 0) is 25.2 Å². The molecule has 0 aromatic heterocycles. The molecule has 3 atom stereocenters. The van der Waals surface area contributed by atoms with E-state index in [4.69, 9.17) is 0 Å². The summed E-state index contributed by atoms with van der Waals surface area (Å²) in [5.41, 5.74) is 0. The Balaban J connectivity index is 0. The fourth-order valence-electron chi connectivity index (χ4n) is 2.52. The normalized spacial score (nSPS) is 14.0. The fourth-order valence-corrected chi connectivity index (χ4v) is 3.37. The van der Waals surface area contributed by atoms with Crippen molar-refractivity contribution in [2.24, 2.45) is 5.92 Å². The van der Waals surface area contributed by atoms with Gasteiger partial charge >= 0.3 is 0 Å². The van der Waals surface area contributed by atoms with E-state index in [1.54, 1.807) is 0 Å². The van der Waals surface area contributed by atoms with Gasteiger partial charge in [0.05, 0.1) is 0 Å². The minimum Gasteiger partial charge on any atom is -0.153 e. The van der Waals surface area contributed by atoms with Gasteiger partial charge in [-0.2, -0.15) is 9.90 Å². The summed E-state index contributed by atoms with van der Waals surface area (Å²) >= 11 is 3.94. The summed E-state index contributed by atoms with van der Waals surface area (Å²) in [7, 11) is 0. The highest BCUT2D eigenvalue weighted by Gasteiger charge is 2.16. The molecular formula is C16H36BrP. The molecule has 0 nitrogen and oxygen atoms in total. The molecule has 0 amide bonds. The third-order valence-corrected chi connectivity index (χ3v) is 4.89. The summed E-state index contributed by atoms with van der Waals surface area (Å²) in [4.78, 5) is 0.774. The Hall–Kier alpha value is 0.910. The predicted octanol–water partition coefficient (Wildman–Crippen LogP) is 6.78. The summed E-state index contributed by atoms with van der Waals surface area (Å²) in [5.74, 6) is 0.922. The van der Waals surface area contributed by atoms with E-state index in [-0.39, 0.29) is 9.90 Å². The lowest BCUT2D eigenvalue weighted by atomic mass is 9.91. The monoisotopic (exact) mass is 338 g/mol. The molecule has 0 aliphatic rings. The van der Waals surface area contributed by atoms with Gasteiger partial charge in [-0.1, -0.05) is 88.1 Å². The van der Waals surface area contributed by atoms with E-state index in [1.165, 1.54) is 70.6 Å². The standard InChI is InChI=1S/C16H33Br.H3P/c1-4-7-9-10-11-14-16(17)15(12-6-3)13-8-5-2;/h15-16H,4-14H2,1-3H3;1H3. The van der Waals surface area contributed by atoms with Crippen molar-refractivity contribution < 1.29 is 0 Å². The van der Waals surface area contributed by atoms with E-state index in [9.17, 15) is 0 Å². The summed E-state index contributed by atoms with van der Waals surface area (Å²) < 4.78 is 0. The molecule has 3 unspecified atom stereocenters. The van der Waals surface area contributed by atoms with Gasteiger partial charge in [0.2, 0.25) is 0 Å². The number of hydrogen-bond donors (Lipinski definition) is 0. The summed E-state index contributed by atoms with van der Waals surface area (Å²) in [6, 6.07) is 0. The van der Waals surface area contributed by atoms with Gasteiger partial charge in [0, 0.05) is 4.83 Å². The van der Waals surface area contributed by atoms with E-state index in [2.05, 4.69) is 36.7 Å². The number of hydrogen-bond acceptors (Lipinski definition) is 0. The van der Waals surface area contributed by atoms with Gasteiger partial charge in [0.1, 0.15) is 0 Å². The third kappa shape index (κ3) is 12.0. The molecule has 0 bridgehead atoms. The largest absolute Gasteiger partial charge is 0.153 e. The molecule has 0 aliphatic heterocycles. The molecule has 0 fully saturated rings. The van der Waals surface area contributed by atoms with Crippen LogP contribution in [0.15, 0.2) is 0 Å². The average Bonchev–Trinajstić information content (AvgIpc) is 2.34. The number of unbranched alkanes of at least 4 members (excludes halogenated alkanes) is 5. The van der Waals surface area contributed by atoms with Crippen molar-refractivity contribution in [3.05, 3.63) is 0 Å². The molecule has 0 aromatic carbocycles. The highest BCUT2D eigenvalue weighted by atomic mass is 79.9. The minimum absolute atomic E-state index is 0. The smallest absolute Gasteiger partial charge is 0.0174 e. The second-order valence-corrected chi connectivity index (χ2v) is 6.59. The first kappa shape index (κ1) is 21.2. The number of alkyl halides is 1. The Kier molecular flexibility index (Phi) is 18.8. The van der Waals surface area contributed by atoms with Crippen molar-refractivity contribution in [2.75, 3.05) is 0 Å². The molecule has 0 radical (unpaired) electrons. The molecule has 0 heterocycles. The lowest BCUT2D eigenvalue weighted by molar-refractivity contribution is 0.399. The van der Waals surface area contributed by atoms with Crippen molar-refractivity contribution in [3.63, 3.8) is 0 Å². The predicted molar refractivity (Wildman–Crippen MR) is 95.1 cm³/mol. The lowest BCUT2D eigenvalue weighted by Gasteiger charge is -2.22. The lowest BCUT2D eigenvalue weighted by Crippen LogP contribution is -2.14. The molecule has 2 heteroatoms. The van der Waals surface area contributed by atoms with Crippen LogP contribution in [0.5, 0.6) is 0 Å². The molecule has 112 valence electrons. The SMILES string of the molecule is CCCCCCCC(Br)C(CCC)CCCC.P. The zero-order valence-corrected chi connectivity index (χ0v) is 16.0. The van der Waals surface area contributed by atoms with Gasteiger partial charge in [-0.15, -0.1) is 0 Å². The Morgan fingerprint density at radius 3 is 1.83 bits per heavy atom. The first-order valence-corrected chi connectivity index (χ1v) is 8.81. The second-order valence-electron chi connectivity index (χ2n) is 5.41. The van der Waals surface area contributed by atoms with E-state index >= 15 is 0 Å². The fraction of sp³-hybridized carbons (Fsp3) is 1.00. The van der Waals surface area contributed by atoms with Crippen LogP contribution < -0.4 is 0 Å². The third-order valence-electron chi connectivity index (χ3n) is 3.68. The quantitative estimate of drug-likeness (QED) is 0.209. The molecule has 0 saturated carbocycles. The highest BCUT2D eigenvalue weighted by Crippen LogP contribution is 2.28. The molecule has 0 aliphatic carbocycles. The van der Waals surface area contributed by atoms with Gasteiger partial charge in [0.15, 0.2) is 0 Å². The van der Waals surface area contributed by atoms with Gasteiger partial charge in [0.25, 0.3) is 0 Å². The molecule has 0 N–H and O–H groups in total. The van der Waals surface area contributed by atoms with E-state index < -0.39 is 0 Å². The Bertz CT molecular complexity index is 150. The van der Waals surface area contributed by atoms with E-state index in [0.29, 0.717) is 0 Å². The summed E-state index contributed by atoms with van der Waals surface area (Å²) in [6.07, 6.45) is 15.4. The molecule has 0 spiro atoms. The van der Waals surface area contributed by atoms with Crippen LogP contribution in [0, 0.1) is 5.92 Å². The van der Waals surface area contributed by atoms with Crippen LogP contribution >= 0.6 is 25.8 Å². The summed E-state index contributed by atoms with van der Waals surface area (Å²) in [5, 5.41) is 0. The van der Waals surface area contributed by atoms with Crippen LogP contribution in [-0.4, -0.2) is 4.83 Å². The Labute approximate surface area is 128 Å². The second kappa shape index (κ2) is 16.0. The van der Waals surface area contributed by atoms with Gasteiger partial charge in [-0.3, -0.25) is 0 Å². The van der Waals surface area contributed by atoms with Crippen LogP contribution in [0.2, 0.25) is 0 Å². The highest BCUT2D eigenvalue weighted by molar-refractivity contribution is 9.09. The van der Waals surface area contributed by atoms with Crippen molar-refractivity contribution >= 4 is 25.8 Å². The van der Waals surface area contributed by atoms with Gasteiger partial charge < -0.3 is 0 Å². The van der Waals surface area contributed by atoms with E-state index in [1.807, 2.05) is 0 Å². The molecule has 0 rings (SSSR count). The maximum absolute atomic E-state index is 3.94. The van der Waals surface area contributed by atoms with Crippen molar-refractivity contribution in [1.82, 2.24) is 0 Å². The van der Waals surface area contributed by atoms with Gasteiger partial charge in [-0.25, -0.2) is 0 Å². The Morgan fingerprint density at radius 2 is 1.28 bits per heavy atom. The van der Waals surface area contributed by atoms with Crippen molar-refractivity contribution in [2.45, 2.75) is 96.2 Å². The number of halogens is 1. The summed E-state index contributed by atoms with van der Waals surface area (Å²) in [6.45, 7) is 6.91. The van der Waals surface area contributed by atoms with Crippen molar-refractivity contribution in [3.8, 4) is 0 Å². The van der Waals surface area contributed by atoms with Crippen LogP contribution in [0.3, 0.4) is 0 Å². The molecule has 0 aromatic rings.